The molecule has 1 atom stereocenters. The average Bonchev–Trinajstić information content (AvgIpc) is 3.42. The van der Waals surface area contributed by atoms with Crippen molar-refractivity contribution in [2.75, 3.05) is 13.2 Å². The summed E-state index contributed by atoms with van der Waals surface area (Å²) in [6.45, 7) is 1.03. The third-order valence-corrected chi connectivity index (χ3v) is 5.79. The van der Waals surface area contributed by atoms with E-state index >= 15 is 0 Å². The molecule has 1 unspecified atom stereocenters. The standard InChI is InChI=1S/C25H25N3O7/c1-25(33,10-22(29)30)14-27-23(31)20-13-35-28-21(20)11-26-24(32)34-12-19-17-8-4-2-6-15(17)16-7-3-5-9-18(16)19/h2-9,13,19,33H,10-12,14H2,1H3,(H,26,32)(H,27,31)(H,29,30). The highest BCUT2D eigenvalue weighted by Gasteiger charge is 2.29. The molecule has 3 aromatic rings. The number of amides is 2. The van der Waals surface area contributed by atoms with Crippen LogP contribution in [0, 0.1) is 0 Å². The molecule has 1 aliphatic rings. The quantitative estimate of drug-likeness (QED) is 0.366. The number of ether oxygens (including phenoxy) is 1. The second kappa shape index (κ2) is 9.98. The number of nitrogens with zero attached hydrogens (tertiary/aromatic N) is 1. The third-order valence-electron chi connectivity index (χ3n) is 5.79. The summed E-state index contributed by atoms with van der Waals surface area (Å²) >= 11 is 0. The molecule has 35 heavy (non-hydrogen) atoms. The predicted octanol–water partition coefficient (Wildman–Crippen LogP) is 2.67. The number of carboxylic acids is 1. The summed E-state index contributed by atoms with van der Waals surface area (Å²) in [4.78, 5) is 35.6. The zero-order chi connectivity index (χ0) is 25.0. The summed E-state index contributed by atoms with van der Waals surface area (Å²) in [7, 11) is 0. The summed E-state index contributed by atoms with van der Waals surface area (Å²) in [6, 6.07) is 16.0. The molecule has 4 N–H and O–H groups in total. The number of fused-ring (bicyclic) bond motifs is 3. The molecule has 0 saturated carbocycles. The number of benzene rings is 2. The van der Waals surface area contributed by atoms with Crippen LogP contribution in [0.3, 0.4) is 0 Å². The minimum Gasteiger partial charge on any atom is -0.481 e. The van der Waals surface area contributed by atoms with Crippen molar-refractivity contribution < 1.29 is 33.9 Å². The van der Waals surface area contributed by atoms with Gasteiger partial charge in [-0.15, -0.1) is 0 Å². The predicted molar refractivity (Wildman–Crippen MR) is 124 cm³/mol. The molecule has 0 radical (unpaired) electrons. The first-order valence-electron chi connectivity index (χ1n) is 11.0. The fraction of sp³-hybridized carbons (Fsp3) is 0.280. The number of rotatable bonds is 9. The van der Waals surface area contributed by atoms with E-state index in [9.17, 15) is 19.5 Å². The number of nitrogens with one attached hydrogen (secondary N) is 2. The van der Waals surface area contributed by atoms with Gasteiger partial charge in [0.2, 0.25) is 0 Å². The summed E-state index contributed by atoms with van der Waals surface area (Å²) in [5, 5.41) is 27.6. The maximum atomic E-state index is 12.4. The Bertz CT molecular complexity index is 1210. The Labute approximate surface area is 200 Å². The van der Waals surface area contributed by atoms with Gasteiger partial charge in [-0.1, -0.05) is 53.7 Å². The minimum absolute atomic E-state index is 0.0510. The number of hydrogen-bond donors (Lipinski definition) is 4. The van der Waals surface area contributed by atoms with E-state index in [-0.39, 0.29) is 36.9 Å². The van der Waals surface area contributed by atoms with Crippen LogP contribution < -0.4 is 10.6 Å². The van der Waals surface area contributed by atoms with Crippen molar-refractivity contribution in [2.45, 2.75) is 31.4 Å². The molecule has 10 nitrogen and oxygen atoms in total. The molecule has 0 fully saturated rings. The van der Waals surface area contributed by atoms with Gasteiger partial charge in [0.25, 0.3) is 5.91 Å². The second-order valence-electron chi connectivity index (χ2n) is 8.60. The number of hydrogen-bond acceptors (Lipinski definition) is 7. The lowest BCUT2D eigenvalue weighted by atomic mass is 9.98. The Morgan fingerprint density at radius 3 is 2.31 bits per heavy atom. The van der Waals surface area contributed by atoms with E-state index in [0.717, 1.165) is 28.5 Å². The highest BCUT2D eigenvalue weighted by molar-refractivity contribution is 5.95. The van der Waals surface area contributed by atoms with E-state index in [1.54, 1.807) is 0 Å². The number of carboxylic acid groups (broad SMARTS) is 1. The molecule has 182 valence electrons. The number of aliphatic hydroxyl groups is 1. The molecule has 1 aliphatic carbocycles. The van der Waals surface area contributed by atoms with Gasteiger partial charge < -0.3 is 30.1 Å². The zero-order valence-corrected chi connectivity index (χ0v) is 19.0. The summed E-state index contributed by atoms with van der Waals surface area (Å²) in [5.41, 5.74) is 3.02. The number of carbonyl (C=O) groups excluding carboxylic acids is 2. The number of aromatic nitrogens is 1. The van der Waals surface area contributed by atoms with E-state index in [1.165, 1.54) is 6.92 Å². The highest BCUT2D eigenvalue weighted by Crippen LogP contribution is 2.44. The maximum absolute atomic E-state index is 12.4. The van der Waals surface area contributed by atoms with E-state index in [1.807, 2.05) is 48.5 Å². The molecule has 0 saturated heterocycles. The molecule has 0 aliphatic heterocycles. The highest BCUT2D eigenvalue weighted by atomic mass is 16.5. The van der Waals surface area contributed by atoms with E-state index in [4.69, 9.17) is 14.4 Å². The monoisotopic (exact) mass is 479 g/mol. The normalized spacial score (nSPS) is 13.9. The smallest absolute Gasteiger partial charge is 0.407 e. The summed E-state index contributed by atoms with van der Waals surface area (Å²) in [5.74, 6) is -1.90. The molecular formula is C25H25N3O7. The first-order valence-corrected chi connectivity index (χ1v) is 11.0. The molecule has 2 aromatic carbocycles. The van der Waals surface area contributed by atoms with Crippen molar-refractivity contribution in [1.82, 2.24) is 15.8 Å². The van der Waals surface area contributed by atoms with Gasteiger partial charge in [0, 0.05) is 12.5 Å². The van der Waals surface area contributed by atoms with Crippen molar-refractivity contribution in [3.63, 3.8) is 0 Å². The molecule has 1 heterocycles. The van der Waals surface area contributed by atoms with E-state index in [0.29, 0.717) is 0 Å². The lowest BCUT2D eigenvalue weighted by molar-refractivity contribution is -0.141. The van der Waals surface area contributed by atoms with Crippen LogP contribution in [0.2, 0.25) is 0 Å². The molecule has 0 spiro atoms. The van der Waals surface area contributed by atoms with Gasteiger partial charge in [-0.05, 0) is 29.2 Å². The van der Waals surface area contributed by atoms with Crippen LogP contribution in [-0.4, -0.2) is 52.1 Å². The Morgan fingerprint density at radius 1 is 1.06 bits per heavy atom. The Hall–Kier alpha value is -4.18. The second-order valence-corrected chi connectivity index (χ2v) is 8.60. The van der Waals surface area contributed by atoms with Gasteiger partial charge >= 0.3 is 12.1 Å². The Kier molecular flexibility index (Phi) is 6.83. The Morgan fingerprint density at radius 2 is 1.69 bits per heavy atom. The number of aliphatic carboxylic acids is 1. The summed E-state index contributed by atoms with van der Waals surface area (Å²) in [6.07, 6.45) is -0.103. The number of carbonyl (C=O) groups is 3. The van der Waals surface area contributed by atoms with Crippen LogP contribution in [0.4, 0.5) is 4.79 Å². The van der Waals surface area contributed by atoms with Crippen molar-refractivity contribution in [3.05, 3.63) is 77.2 Å². The molecule has 0 bridgehead atoms. The van der Waals surface area contributed by atoms with Crippen molar-refractivity contribution in [1.29, 1.82) is 0 Å². The molecular weight excluding hydrogens is 454 g/mol. The van der Waals surface area contributed by atoms with Gasteiger partial charge in [0.05, 0.1) is 18.6 Å². The SMILES string of the molecule is CC(O)(CNC(=O)c1conc1CNC(=O)OCC1c2ccccc2-c2ccccc21)CC(=O)O. The van der Waals surface area contributed by atoms with Crippen LogP contribution in [0.5, 0.6) is 0 Å². The fourth-order valence-electron chi connectivity index (χ4n) is 4.13. The maximum Gasteiger partial charge on any atom is 0.407 e. The van der Waals surface area contributed by atoms with Gasteiger partial charge in [-0.25, -0.2) is 4.79 Å². The topological polar surface area (TPSA) is 151 Å². The largest absolute Gasteiger partial charge is 0.481 e. The molecule has 2 amide bonds. The first kappa shape index (κ1) is 24.0. The third kappa shape index (κ3) is 5.49. The van der Waals surface area contributed by atoms with Gasteiger partial charge in [0.15, 0.2) is 0 Å². The van der Waals surface area contributed by atoms with Crippen LogP contribution >= 0.6 is 0 Å². The van der Waals surface area contributed by atoms with Crippen LogP contribution in [-0.2, 0) is 16.1 Å². The average molecular weight is 479 g/mol. The summed E-state index contributed by atoms with van der Waals surface area (Å²) < 4.78 is 10.3. The van der Waals surface area contributed by atoms with Crippen LogP contribution in [0.25, 0.3) is 11.1 Å². The van der Waals surface area contributed by atoms with Gasteiger partial charge in [-0.2, -0.15) is 0 Å². The fourth-order valence-corrected chi connectivity index (χ4v) is 4.13. The first-order chi connectivity index (χ1) is 16.7. The van der Waals surface area contributed by atoms with Crippen molar-refractivity contribution >= 4 is 18.0 Å². The molecule has 4 rings (SSSR count). The molecule has 1 aromatic heterocycles. The van der Waals surface area contributed by atoms with Crippen LogP contribution in [0.15, 0.2) is 59.3 Å². The van der Waals surface area contributed by atoms with E-state index < -0.39 is 30.0 Å². The zero-order valence-electron chi connectivity index (χ0n) is 19.0. The number of alkyl carbamates (subject to hydrolysis) is 1. The van der Waals surface area contributed by atoms with E-state index in [2.05, 4.69) is 15.8 Å². The lowest BCUT2D eigenvalue weighted by Crippen LogP contribution is -2.42. The molecule has 10 heteroatoms. The van der Waals surface area contributed by atoms with Gasteiger partial charge in [0.1, 0.15) is 24.1 Å². The van der Waals surface area contributed by atoms with Crippen molar-refractivity contribution in [2.24, 2.45) is 0 Å². The van der Waals surface area contributed by atoms with Crippen LogP contribution in [0.1, 0.15) is 46.4 Å². The Balaban J connectivity index is 1.32. The minimum atomic E-state index is -1.63. The lowest BCUT2D eigenvalue weighted by Gasteiger charge is -2.21. The van der Waals surface area contributed by atoms with Crippen molar-refractivity contribution in [3.8, 4) is 11.1 Å². The van der Waals surface area contributed by atoms with Gasteiger partial charge in [-0.3, -0.25) is 9.59 Å².